The fourth-order valence-corrected chi connectivity index (χ4v) is 1.41. The van der Waals surface area contributed by atoms with E-state index >= 15 is 0 Å². The first-order chi connectivity index (χ1) is 7.11. The van der Waals surface area contributed by atoms with Crippen molar-refractivity contribution in [2.75, 3.05) is 0 Å². The molecule has 0 fully saturated rings. The first kappa shape index (κ1) is 11.3. The summed E-state index contributed by atoms with van der Waals surface area (Å²) >= 11 is 0. The number of carbonyl (C=O) groups excluding carboxylic acids is 1. The fraction of sp³-hybridized carbons (Fsp3) is 0.250. The van der Waals surface area contributed by atoms with Gasteiger partial charge < -0.3 is 10.1 Å². The molecule has 80 valence electrons. The number of allylic oxidation sites excluding steroid dienone is 4. The lowest BCUT2D eigenvalue weighted by molar-refractivity contribution is 0.101. The smallest absolute Gasteiger partial charge is 0.165 e. The number of rotatable bonds is 3. The summed E-state index contributed by atoms with van der Waals surface area (Å²) in [5.41, 5.74) is 1.78. The summed E-state index contributed by atoms with van der Waals surface area (Å²) in [5.74, 6) is -0.125. The van der Waals surface area contributed by atoms with E-state index in [1.54, 1.807) is 0 Å². The van der Waals surface area contributed by atoms with Gasteiger partial charge in [-0.1, -0.05) is 18.2 Å². The maximum atomic E-state index is 11.1. The fourth-order valence-electron chi connectivity index (χ4n) is 1.41. The Morgan fingerprint density at radius 2 is 2.13 bits per heavy atom. The van der Waals surface area contributed by atoms with Crippen molar-refractivity contribution < 1.29 is 9.90 Å². The van der Waals surface area contributed by atoms with Crippen molar-refractivity contribution in [3.8, 4) is 5.75 Å². The lowest BCUT2D eigenvalue weighted by Crippen LogP contribution is -1.88. The second-order valence-corrected chi connectivity index (χ2v) is 3.23. The zero-order chi connectivity index (χ0) is 11.4. The molecule has 1 rings (SSSR count). The van der Waals surface area contributed by atoms with Crippen LogP contribution in [0.5, 0.6) is 5.75 Å². The van der Waals surface area contributed by atoms with E-state index in [-0.39, 0.29) is 11.5 Å². The van der Waals surface area contributed by atoms with E-state index < -0.39 is 0 Å². The number of Topliss-reactive ketones (excluding diaryl/α,β-unsaturated/α-hetero) is 1. The summed E-state index contributed by atoms with van der Waals surface area (Å²) in [6.07, 6.45) is 7.15. The first-order valence-electron chi connectivity index (χ1n) is 4.82. The molecule has 0 aromatic carbocycles. The van der Waals surface area contributed by atoms with E-state index in [1.807, 2.05) is 32.1 Å². The van der Waals surface area contributed by atoms with Crippen LogP contribution in [0, 0.1) is 0 Å². The Kier molecular flexibility index (Phi) is 3.50. The van der Waals surface area contributed by atoms with Gasteiger partial charge in [0.05, 0.1) is 11.3 Å². The number of carbonyl (C=O) groups is 1. The molecule has 1 aromatic rings. The maximum Gasteiger partial charge on any atom is 0.165 e. The van der Waals surface area contributed by atoms with Crippen molar-refractivity contribution >= 4 is 11.4 Å². The van der Waals surface area contributed by atoms with E-state index in [9.17, 15) is 9.90 Å². The molecule has 0 amide bonds. The van der Waals surface area contributed by atoms with Crippen LogP contribution in [0.15, 0.2) is 24.4 Å². The van der Waals surface area contributed by atoms with Gasteiger partial charge in [-0.3, -0.25) is 4.79 Å². The van der Waals surface area contributed by atoms with Gasteiger partial charge in [-0.05, 0) is 26.3 Å². The van der Waals surface area contributed by atoms with Gasteiger partial charge in [0.15, 0.2) is 11.5 Å². The molecule has 0 spiro atoms. The summed E-state index contributed by atoms with van der Waals surface area (Å²) in [5, 5.41) is 9.80. The lowest BCUT2D eigenvalue weighted by atomic mass is 10.1. The van der Waals surface area contributed by atoms with Crippen LogP contribution >= 0.6 is 0 Å². The second-order valence-electron chi connectivity index (χ2n) is 3.23. The third-order valence-corrected chi connectivity index (χ3v) is 2.18. The van der Waals surface area contributed by atoms with Gasteiger partial charge in [0, 0.05) is 6.20 Å². The van der Waals surface area contributed by atoms with Crippen LogP contribution in [0.1, 0.15) is 36.8 Å². The Morgan fingerprint density at radius 1 is 1.47 bits per heavy atom. The highest BCUT2D eigenvalue weighted by Gasteiger charge is 2.14. The summed E-state index contributed by atoms with van der Waals surface area (Å²) in [7, 11) is 0. The average Bonchev–Trinajstić information content (AvgIpc) is 2.57. The SMILES string of the molecule is C/C=C\C(=C/C)c1[nH]cc(C(C)=O)c1O. The first-order valence-corrected chi connectivity index (χ1v) is 4.82. The Bertz CT molecular complexity index is 425. The third-order valence-electron chi connectivity index (χ3n) is 2.18. The highest BCUT2D eigenvalue weighted by Crippen LogP contribution is 2.28. The van der Waals surface area contributed by atoms with Crippen molar-refractivity contribution in [2.24, 2.45) is 0 Å². The highest BCUT2D eigenvalue weighted by molar-refractivity contribution is 5.98. The van der Waals surface area contributed by atoms with Crippen LogP contribution in [-0.2, 0) is 0 Å². The molecule has 3 heteroatoms. The van der Waals surface area contributed by atoms with Crippen LogP contribution < -0.4 is 0 Å². The van der Waals surface area contributed by atoms with E-state index in [4.69, 9.17) is 0 Å². The van der Waals surface area contributed by atoms with Crippen molar-refractivity contribution in [1.29, 1.82) is 0 Å². The Labute approximate surface area is 89.1 Å². The number of hydrogen-bond acceptors (Lipinski definition) is 2. The van der Waals surface area contributed by atoms with Crippen molar-refractivity contribution in [1.82, 2.24) is 4.98 Å². The van der Waals surface area contributed by atoms with Crippen molar-refractivity contribution in [3.05, 3.63) is 35.7 Å². The Hall–Kier alpha value is -1.77. The molecular formula is C12H15NO2. The highest BCUT2D eigenvalue weighted by atomic mass is 16.3. The van der Waals surface area contributed by atoms with Crippen LogP contribution in [0.25, 0.3) is 5.57 Å². The van der Waals surface area contributed by atoms with E-state index in [2.05, 4.69) is 4.98 Å². The van der Waals surface area contributed by atoms with E-state index in [0.717, 1.165) is 5.57 Å². The van der Waals surface area contributed by atoms with Gasteiger partial charge in [-0.25, -0.2) is 0 Å². The molecule has 0 aliphatic heterocycles. The predicted molar refractivity (Wildman–Crippen MR) is 60.9 cm³/mol. The van der Waals surface area contributed by atoms with E-state index in [1.165, 1.54) is 13.1 Å². The molecule has 0 atom stereocenters. The molecule has 2 N–H and O–H groups in total. The van der Waals surface area contributed by atoms with Gasteiger partial charge in [-0.15, -0.1) is 0 Å². The van der Waals surface area contributed by atoms with Gasteiger partial charge in [0.25, 0.3) is 0 Å². The monoisotopic (exact) mass is 205 g/mol. The second kappa shape index (κ2) is 4.64. The topological polar surface area (TPSA) is 53.1 Å². The Morgan fingerprint density at radius 3 is 2.53 bits per heavy atom. The lowest BCUT2D eigenvalue weighted by Gasteiger charge is -1.99. The summed E-state index contributed by atoms with van der Waals surface area (Å²) in [6.45, 7) is 5.20. The summed E-state index contributed by atoms with van der Waals surface area (Å²) in [4.78, 5) is 14.0. The zero-order valence-electron chi connectivity index (χ0n) is 9.16. The van der Waals surface area contributed by atoms with Gasteiger partial charge >= 0.3 is 0 Å². The number of hydrogen-bond donors (Lipinski definition) is 2. The quantitative estimate of drug-likeness (QED) is 0.588. The molecular weight excluding hydrogens is 190 g/mol. The minimum Gasteiger partial charge on any atom is -0.505 e. The van der Waals surface area contributed by atoms with E-state index in [0.29, 0.717) is 11.3 Å². The molecule has 15 heavy (non-hydrogen) atoms. The zero-order valence-corrected chi connectivity index (χ0v) is 9.16. The van der Waals surface area contributed by atoms with Crippen LogP contribution in [-0.4, -0.2) is 15.9 Å². The van der Waals surface area contributed by atoms with Crippen LogP contribution in [0.4, 0.5) is 0 Å². The Balaban J connectivity index is 3.22. The molecule has 0 saturated heterocycles. The predicted octanol–water partition coefficient (Wildman–Crippen LogP) is 2.90. The molecule has 0 radical (unpaired) electrons. The molecule has 1 heterocycles. The number of aromatic hydroxyl groups is 1. The number of ketones is 1. The molecule has 1 aromatic heterocycles. The minimum atomic E-state index is -0.147. The third kappa shape index (κ3) is 2.18. The molecule has 0 aliphatic rings. The van der Waals surface area contributed by atoms with Crippen molar-refractivity contribution in [2.45, 2.75) is 20.8 Å². The molecule has 0 aliphatic carbocycles. The molecule has 0 unspecified atom stereocenters. The molecule has 3 nitrogen and oxygen atoms in total. The van der Waals surface area contributed by atoms with Gasteiger partial charge in [0.2, 0.25) is 0 Å². The average molecular weight is 205 g/mol. The normalized spacial score (nSPS) is 12.3. The number of H-pyrrole nitrogens is 1. The maximum absolute atomic E-state index is 11.1. The standard InChI is InChI=1S/C12H15NO2/c1-4-6-9(5-2)11-12(15)10(7-13-11)8(3)14/h4-7,13,15H,1-3H3/b6-4-,9-5+. The summed E-state index contributed by atoms with van der Waals surface area (Å²) < 4.78 is 0. The minimum absolute atomic E-state index is 0.0219. The molecule has 0 bridgehead atoms. The van der Waals surface area contributed by atoms with Crippen LogP contribution in [0.3, 0.4) is 0 Å². The number of aromatic amines is 1. The van der Waals surface area contributed by atoms with Gasteiger partial charge in [-0.2, -0.15) is 0 Å². The van der Waals surface area contributed by atoms with Crippen molar-refractivity contribution in [3.63, 3.8) is 0 Å². The molecule has 0 saturated carbocycles. The summed E-state index contributed by atoms with van der Waals surface area (Å²) in [6, 6.07) is 0. The number of aromatic nitrogens is 1. The van der Waals surface area contributed by atoms with Crippen LogP contribution in [0.2, 0.25) is 0 Å². The number of nitrogens with one attached hydrogen (secondary N) is 1. The van der Waals surface area contributed by atoms with Gasteiger partial charge in [0.1, 0.15) is 0 Å². The largest absolute Gasteiger partial charge is 0.505 e.